The molecule has 5 N–H and O–H groups in total. The first-order chi connectivity index (χ1) is 13.4. The third-order valence-electron chi connectivity index (χ3n) is 4.94. The molecule has 0 aliphatic heterocycles. The molecule has 0 bridgehead atoms. The van der Waals surface area contributed by atoms with Crippen molar-refractivity contribution in [2.75, 3.05) is 18.8 Å². The Balaban J connectivity index is 1.77. The number of hydrogen-bond acceptors (Lipinski definition) is 5. The number of aromatic amines is 1. The molecule has 0 radical (unpaired) electrons. The Morgan fingerprint density at radius 2 is 1.93 bits per heavy atom. The first-order valence-electron chi connectivity index (χ1n) is 10.4. The van der Waals surface area contributed by atoms with Gasteiger partial charge in [0.25, 0.3) is 0 Å². The van der Waals surface area contributed by atoms with E-state index in [9.17, 15) is 0 Å². The Hall–Kier alpha value is -2.18. The molecule has 0 spiro atoms. The molecule has 0 saturated heterocycles. The highest BCUT2D eigenvalue weighted by molar-refractivity contribution is 6.07. The molecule has 0 atom stereocenters. The second kappa shape index (κ2) is 8.88. The number of aromatic nitrogens is 3. The molecule has 28 heavy (non-hydrogen) atoms. The molecule has 152 valence electrons. The largest absolute Gasteiger partial charge is 0.382 e. The van der Waals surface area contributed by atoms with Crippen LogP contribution in [0, 0.1) is 0 Å². The summed E-state index contributed by atoms with van der Waals surface area (Å²) in [5, 5.41) is 8.00. The molecule has 0 unspecified atom stereocenters. The van der Waals surface area contributed by atoms with Crippen molar-refractivity contribution in [3.63, 3.8) is 0 Å². The van der Waals surface area contributed by atoms with Gasteiger partial charge in [-0.3, -0.25) is 0 Å². The van der Waals surface area contributed by atoms with Crippen LogP contribution in [0.5, 0.6) is 0 Å². The maximum atomic E-state index is 6.19. The number of anilines is 1. The van der Waals surface area contributed by atoms with Gasteiger partial charge in [0.05, 0.1) is 12.1 Å². The van der Waals surface area contributed by atoms with E-state index in [4.69, 9.17) is 10.7 Å². The van der Waals surface area contributed by atoms with Gasteiger partial charge in [-0.05, 0) is 64.8 Å². The number of H-pyrrole nitrogens is 1. The molecule has 2 heterocycles. The van der Waals surface area contributed by atoms with E-state index in [1.54, 1.807) is 0 Å². The predicted molar refractivity (Wildman–Crippen MR) is 118 cm³/mol. The fraction of sp³-hybridized carbons (Fsp3) is 0.545. The fourth-order valence-corrected chi connectivity index (χ4v) is 3.54. The Kier molecular flexibility index (Phi) is 6.52. The number of benzene rings is 1. The molecule has 0 aliphatic carbocycles. The molecule has 6 heteroatoms. The number of nitrogens with two attached hydrogens (primary N) is 1. The molecule has 0 saturated carbocycles. The average molecular weight is 383 g/mol. The lowest BCUT2D eigenvalue weighted by Crippen LogP contribution is -2.36. The zero-order valence-electron chi connectivity index (χ0n) is 17.7. The third-order valence-corrected chi connectivity index (χ3v) is 4.94. The number of nitrogens with one attached hydrogen (secondary N) is 3. The summed E-state index contributed by atoms with van der Waals surface area (Å²) < 4.78 is 0. The molecule has 0 aliphatic rings. The third kappa shape index (κ3) is 5.00. The van der Waals surface area contributed by atoms with Crippen LogP contribution in [0.1, 0.15) is 58.3 Å². The van der Waals surface area contributed by atoms with Crippen LogP contribution in [-0.2, 0) is 13.0 Å². The number of unbranched alkanes of at least 4 members (excludes halogenated alkanes) is 2. The summed E-state index contributed by atoms with van der Waals surface area (Å²) in [4.78, 5) is 12.8. The number of imidazole rings is 1. The summed E-state index contributed by atoms with van der Waals surface area (Å²) >= 11 is 0. The van der Waals surface area contributed by atoms with Gasteiger partial charge in [0.15, 0.2) is 0 Å². The Morgan fingerprint density at radius 3 is 2.68 bits per heavy atom. The van der Waals surface area contributed by atoms with E-state index >= 15 is 0 Å². The van der Waals surface area contributed by atoms with Gasteiger partial charge in [0.2, 0.25) is 0 Å². The summed E-state index contributed by atoms with van der Waals surface area (Å²) in [6, 6.07) is 6.30. The second-order valence-electron chi connectivity index (χ2n) is 8.48. The van der Waals surface area contributed by atoms with E-state index in [0.717, 1.165) is 53.7 Å². The van der Waals surface area contributed by atoms with Crippen LogP contribution in [0.25, 0.3) is 21.9 Å². The maximum Gasteiger partial charge on any atom is 0.150 e. The van der Waals surface area contributed by atoms with Crippen molar-refractivity contribution in [3.8, 4) is 0 Å². The van der Waals surface area contributed by atoms with E-state index in [1.165, 1.54) is 18.4 Å². The number of fused-ring (bicyclic) bond motifs is 3. The molecule has 6 nitrogen and oxygen atoms in total. The molecular formula is C22H34N6. The van der Waals surface area contributed by atoms with Gasteiger partial charge in [-0.25, -0.2) is 9.97 Å². The number of nitrogen functional groups attached to an aromatic ring is 1. The Bertz CT molecular complexity index is 922. The lowest BCUT2D eigenvalue weighted by molar-refractivity contribution is 0.417. The highest BCUT2D eigenvalue weighted by atomic mass is 15.0. The highest BCUT2D eigenvalue weighted by Crippen LogP contribution is 2.29. The van der Waals surface area contributed by atoms with Crippen LogP contribution in [-0.4, -0.2) is 33.6 Å². The van der Waals surface area contributed by atoms with Gasteiger partial charge in [0, 0.05) is 10.9 Å². The second-order valence-corrected chi connectivity index (χ2v) is 8.48. The molecule has 3 rings (SSSR count). The molecule has 2 aromatic heterocycles. The van der Waals surface area contributed by atoms with Crippen LogP contribution in [0.3, 0.4) is 0 Å². The smallest absolute Gasteiger partial charge is 0.150 e. The highest BCUT2D eigenvalue weighted by Gasteiger charge is 2.14. The standard InChI is InChI=1S/C22H34N6/c1-5-24-14-17-27-19-18-15(10-7-6-8-13-25-22(2,3)4)11-9-12-16(18)26-21(23)20(19)28-17/h9,11-12,24-25H,5-8,10,13-14H2,1-4H3,(H2,23,26)(H,27,28). The quantitative estimate of drug-likeness (QED) is 0.421. The van der Waals surface area contributed by atoms with Crippen molar-refractivity contribution in [2.24, 2.45) is 0 Å². The molecule has 1 aromatic carbocycles. The Labute approximate surface area is 167 Å². The monoisotopic (exact) mass is 382 g/mol. The van der Waals surface area contributed by atoms with E-state index in [0.29, 0.717) is 12.4 Å². The van der Waals surface area contributed by atoms with E-state index < -0.39 is 0 Å². The van der Waals surface area contributed by atoms with Crippen molar-refractivity contribution in [3.05, 3.63) is 29.6 Å². The summed E-state index contributed by atoms with van der Waals surface area (Å²) in [5.41, 5.74) is 10.4. The Morgan fingerprint density at radius 1 is 1.11 bits per heavy atom. The van der Waals surface area contributed by atoms with Crippen LogP contribution in [0.4, 0.5) is 5.82 Å². The molecule has 3 aromatic rings. The number of aryl methyl sites for hydroxylation is 1. The van der Waals surface area contributed by atoms with Gasteiger partial charge in [-0.2, -0.15) is 0 Å². The van der Waals surface area contributed by atoms with E-state index in [-0.39, 0.29) is 5.54 Å². The van der Waals surface area contributed by atoms with Crippen molar-refractivity contribution in [2.45, 2.75) is 65.5 Å². The van der Waals surface area contributed by atoms with Gasteiger partial charge in [0.1, 0.15) is 22.7 Å². The minimum atomic E-state index is 0.192. The van der Waals surface area contributed by atoms with Crippen LogP contribution < -0.4 is 16.4 Å². The number of rotatable bonds is 9. The number of pyridine rings is 1. The lowest BCUT2D eigenvalue weighted by atomic mass is 10.0. The topological polar surface area (TPSA) is 91.7 Å². The summed E-state index contributed by atoms with van der Waals surface area (Å²) in [6.07, 6.45) is 4.59. The van der Waals surface area contributed by atoms with Gasteiger partial charge < -0.3 is 21.4 Å². The van der Waals surface area contributed by atoms with Crippen LogP contribution in [0.15, 0.2) is 18.2 Å². The summed E-state index contributed by atoms with van der Waals surface area (Å²) in [5.74, 6) is 1.42. The number of nitrogens with zero attached hydrogens (tertiary/aromatic N) is 2. The first kappa shape index (κ1) is 20.6. The van der Waals surface area contributed by atoms with Crippen molar-refractivity contribution in [1.29, 1.82) is 0 Å². The fourth-order valence-electron chi connectivity index (χ4n) is 3.54. The normalized spacial score (nSPS) is 12.3. The van der Waals surface area contributed by atoms with Gasteiger partial charge in [-0.15, -0.1) is 0 Å². The average Bonchev–Trinajstić information content (AvgIpc) is 3.06. The summed E-state index contributed by atoms with van der Waals surface area (Å²) in [7, 11) is 0. The van der Waals surface area contributed by atoms with Crippen molar-refractivity contribution < 1.29 is 0 Å². The molecule has 0 fully saturated rings. The zero-order chi connectivity index (χ0) is 20.1. The molecule has 0 amide bonds. The summed E-state index contributed by atoms with van der Waals surface area (Å²) in [6.45, 7) is 11.4. The first-order valence-corrected chi connectivity index (χ1v) is 10.4. The van der Waals surface area contributed by atoms with Gasteiger partial charge in [-0.1, -0.05) is 25.5 Å². The zero-order valence-corrected chi connectivity index (χ0v) is 17.7. The van der Waals surface area contributed by atoms with Crippen LogP contribution >= 0.6 is 0 Å². The molecular weight excluding hydrogens is 348 g/mol. The lowest BCUT2D eigenvalue weighted by Gasteiger charge is -2.20. The number of hydrogen-bond donors (Lipinski definition) is 4. The minimum absolute atomic E-state index is 0.192. The maximum absolute atomic E-state index is 6.19. The SMILES string of the molecule is CCNCc1nc2c([nH]1)c(N)nc1cccc(CCCCCNC(C)(C)C)c12. The minimum Gasteiger partial charge on any atom is -0.382 e. The van der Waals surface area contributed by atoms with E-state index in [2.05, 4.69) is 60.4 Å². The van der Waals surface area contributed by atoms with Crippen LogP contribution in [0.2, 0.25) is 0 Å². The van der Waals surface area contributed by atoms with Crippen molar-refractivity contribution >= 4 is 27.8 Å². The predicted octanol–water partition coefficient (Wildman–Crippen LogP) is 3.90. The van der Waals surface area contributed by atoms with Gasteiger partial charge >= 0.3 is 0 Å². The van der Waals surface area contributed by atoms with E-state index in [1.807, 2.05) is 6.07 Å². The van der Waals surface area contributed by atoms with Crippen molar-refractivity contribution in [1.82, 2.24) is 25.6 Å².